The molecule has 3 aromatic rings. The number of alkyl halides is 1. The number of hydrogen-bond acceptors (Lipinski definition) is 5. The molecule has 1 amide bonds. The van der Waals surface area contributed by atoms with Crippen molar-refractivity contribution in [3.8, 4) is 17.2 Å². The predicted octanol–water partition coefficient (Wildman–Crippen LogP) is 6.26. The average molecular weight is 559 g/mol. The van der Waals surface area contributed by atoms with Crippen molar-refractivity contribution >= 4 is 39.4 Å². The minimum absolute atomic E-state index is 0.193. The number of carbonyl (C=O) groups is 2. The number of benzene rings is 3. The molecule has 2 unspecified atom stereocenters. The van der Waals surface area contributed by atoms with Gasteiger partial charge in [0.05, 0.1) is 29.1 Å². The van der Waals surface area contributed by atoms with E-state index in [-0.39, 0.29) is 16.8 Å². The van der Waals surface area contributed by atoms with Crippen molar-refractivity contribution in [2.45, 2.75) is 30.6 Å². The molecule has 182 valence electrons. The number of hydrogen-bond donors (Lipinski definition) is 1. The molecule has 6 nitrogen and oxygen atoms in total. The fourth-order valence-electron chi connectivity index (χ4n) is 3.85. The molecule has 0 aromatic heterocycles. The van der Waals surface area contributed by atoms with Crippen molar-refractivity contribution in [1.29, 1.82) is 0 Å². The fourth-order valence-corrected chi connectivity index (χ4v) is 4.65. The Hall–Kier alpha value is -3.03. The molecule has 4 rings (SSSR count). The van der Waals surface area contributed by atoms with E-state index in [4.69, 9.17) is 25.8 Å². The normalized spacial score (nSPS) is 15.3. The van der Waals surface area contributed by atoms with Gasteiger partial charge in [-0.05, 0) is 49.2 Å². The number of carbonyl (C=O) groups excluding carboxylic acids is 2. The molecule has 3 aromatic carbocycles. The van der Waals surface area contributed by atoms with Crippen LogP contribution in [0.4, 0.5) is 0 Å². The highest BCUT2D eigenvalue weighted by atomic mass is 79.9. The number of rotatable bonds is 8. The van der Waals surface area contributed by atoms with E-state index in [1.54, 1.807) is 43.3 Å². The topological polar surface area (TPSA) is 73.9 Å². The maximum Gasteiger partial charge on any atom is 0.313 e. The Labute approximate surface area is 217 Å². The fraction of sp³-hybridized carbons (Fsp3) is 0.259. The van der Waals surface area contributed by atoms with Gasteiger partial charge in [-0.15, -0.1) is 0 Å². The van der Waals surface area contributed by atoms with Gasteiger partial charge in [-0.3, -0.25) is 9.59 Å². The summed E-state index contributed by atoms with van der Waals surface area (Å²) in [5, 5.41) is 3.30. The maximum atomic E-state index is 12.6. The highest BCUT2D eigenvalue weighted by molar-refractivity contribution is 9.09. The Bertz CT molecular complexity index is 1190. The Morgan fingerprint density at radius 3 is 2.60 bits per heavy atom. The summed E-state index contributed by atoms with van der Waals surface area (Å²) in [5.41, 5.74) is 2.32. The van der Waals surface area contributed by atoms with Gasteiger partial charge in [0.2, 0.25) is 0 Å². The minimum atomic E-state index is -0.414. The van der Waals surface area contributed by atoms with Crippen LogP contribution in [0.1, 0.15) is 40.7 Å². The van der Waals surface area contributed by atoms with Crippen molar-refractivity contribution < 1.29 is 23.8 Å². The van der Waals surface area contributed by atoms with Gasteiger partial charge in [-0.2, -0.15) is 0 Å². The molecule has 0 fully saturated rings. The van der Waals surface area contributed by atoms with Crippen LogP contribution in [0.15, 0.2) is 66.7 Å². The third-order valence-electron chi connectivity index (χ3n) is 5.56. The predicted molar refractivity (Wildman–Crippen MR) is 138 cm³/mol. The Morgan fingerprint density at radius 2 is 1.89 bits per heavy atom. The van der Waals surface area contributed by atoms with Crippen molar-refractivity contribution in [2.24, 2.45) is 0 Å². The first kappa shape index (κ1) is 25.1. The van der Waals surface area contributed by atoms with E-state index in [0.717, 1.165) is 5.56 Å². The number of halogens is 2. The zero-order valence-electron chi connectivity index (χ0n) is 19.1. The molecular formula is C27H25BrClNO5. The minimum Gasteiger partial charge on any atom is -0.493 e. The zero-order chi connectivity index (χ0) is 24.8. The van der Waals surface area contributed by atoms with Crippen LogP contribution in [-0.4, -0.2) is 30.0 Å². The summed E-state index contributed by atoms with van der Waals surface area (Å²) in [6.45, 7) is 2.50. The van der Waals surface area contributed by atoms with E-state index in [9.17, 15) is 9.59 Å². The third-order valence-corrected chi connectivity index (χ3v) is 6.41. The van der Waals surface area contributed by atoms with Gasteiger partial charge in [0.15, 0.2) is 0 Å². The van der Waals surface area contributed by atoms with E-state index < -0.39 is 5.92 Å². The zero-order valence-corrected chi connectivity index (χ0v) is 21.5. The van der Waals surface area contributed by atoms with Crippen molar-refractivity contribution in [1.82, 2.24) is 5.32 Å². The summed E-state index contributed by atoms with van der Waals surface area (Å²) in [6, 6.07) is 20.1. The van der Waals surface area contributed by atoms with Crippen molar-refractivity contribution in [3.05, 3.63) is 88.4 Å². The molecular weight excluding hydrogens is 534 g/mol. The summed E-state index contributed by atoms with van der Waals surface area (Å²) in [5.74, 6) is 0.565. The van der Waals surface area contributed by atoms with E-state index in [1.807, 2.05) is 30.3 Å². The SMILES string of the molecule is CCOC(=O)C1CCOc2cc(Oc3ccc(C(=O)NC(Br)Cc4ccccc4)cc3)c(Cl)cc21. The molecule has 0 saturated carbocycles. The van der Waals surface area contributed by atoms with Gasteiger partial charge in [0.25, 0.3) is 5.91 Å². The molecule has 1 aliphatic heterocycles. The molecule has 0 spiro atoms. The Morgan fingerprint density at radius 1 is 1.14 bits per heavy atom. The van der Waals surface area contributed by atoms with Gasteiger partial charge < -0.3 is 19.5 Å². The molecule has 35 heavy (non-hydrogen) atoms. The van der Waals surface area contributed by atoms with Crippen LogP contribution in [0.3, 0.4) is 0 Å². The monoisotopic (exact) mass is 557 g/mol. The number of fused-ring (bicyclic) bond motifs is 1. The third kappa shape index (κ3) is 6.35. The van der Waals surface area contributed by atoms with Crippen LogP contribution in [-0.2, 0) is 16.0 Å². The van der Waals surface area contributed by atoms with Gasteiger partial charge in [-0.25, -0.2) is 0 Å². The van der Waals surface area contributed by atoms with Crippen molar-refractivity contribution in [2.75, 3.05) is 13.2 Å². The number of esters is 1. The molecule has 2 atom stereocenters. The highest BCUT2D eigenvalue weighted by Gasteiger charge is 2.30. The van der Waals surface area contributed by atoms with Crippen LogP contribution in [0.2, 0.25) is 5.02 Å². The van der Waals surface area contributed by atoms with E-state index in [2.05, 4.69) is 21.2 Å². The maximum absolute atomic E-state index is 12.6. The van der Waals surface area contributed by atoms with Crippen LogP contribution >= 0.6 is 27.5 Å². The second kappa shape index (κ2) is 11.6. The van der Waals surface area contributed by atoms with E-state index in [0.29, 0.717) is 59.5 Å². The molecule has 1 heterocycles. The molecule has 8 heteroatoms. The summed E-state index contributed by atoms with van der Waals surface area (Å²) >= 11 is 9.98. The first-order valence-corrected chi connectivity index (χ1v) is 12.6. The van der Waals surface area contributed by atoms with E-state index in [1.165, 1.54) is 0 Å². The standard InChI is InChI=1S/C27H25BrClNO5/c1-2-33-27(32)20-12-13-34-23-16-24(22(29)15-21(20)23)35-19-10-8-18(9-11-19)26(31)30-25(28)14-17-6-4-3-5-7-17/h3-11,15-16,20,25H,2,12-14H2,1H3,(H,30,31). The first-order chi connectivity index (χ1) is 16.9. The van der Waals surface area contributed by atoms with Gasteiger partial charge in [-0.1, -0.05) is 57.9 Å². The average Bonchev–Trinajstić information content (AvgIpc) is 2.85. The lowest BCUT2D eigenvalue weighted by Crippen LogP contribution is -2.31. The lowest BCUT2D eigenvalue weighted by molar-refractivity contribution is -0.145. The molecule has 0 bridgehead atoms. The molecule has 0 saturated heterocycles. The summed E-state index contributed by atoms with van der Waals surface area (Å²) in [7, 11) is 0. The smallest absolute Gasteiger partial charge is 0.313 e. The lowest BCUT2D eigenvalue weighted by Gasteiger charge is -2.25. The number of ether oxygens (including phenoxy) is 3. The Kier molecular flexibility index (Phi) is 8.31. The van der Waals surface area contributed by atoms with Gasteiger partial charge in [0, 0.05) is 23.6 Å². The van der Waals surface area contributed by atoms with Crippen LogP contribution in [0.5, 0.6) is 17.2 Å². The summed E-state index contributed by atoms with van der Waals surface area (Å²) in [4.78, 5) is 24.7. The molecule has 0 aliphatic carbocycles. The van der Waals surface area contributed by atoms with Crippen LogP contribution < -0.4 is 14.8 Å². The van der Waals surface area contributed by atoms with Crippen LogP contribution in [0.25, 0.3) is 0 Å². The quantitative estimate of drug-likeness (QED) is 0.201. The first-order valence-electron chi connectivity index (χ1n) is 11.3. The van der Waals surface area contributed by atoms with Crippen molar-refractivity contribution in [3.63, 3.8) is 0 Å². The van der Waals surface area contributed by atoms with Crippen LogP contribution in [0, 0.1) is 0 Å². The van der Waals surface area contributed by atoms with E-state index >= 15 is 0 Å². The molecule has 1 N–H and O–H groups in total. The lowest BCUT2D eigenvalue weighted by atomic mass is 9.93. The van der Waals surface area contributed by atoms with Gasteiger partial charge in [0.1, 0.15) is 17.2 Å². The number of amides is 1. The summed E-state index contributed by atoms with van der Waals surface area (Å²) in [6.07, 6.45) is 1.20. The Balaban J connectivity index is 1.41. The summed E-state index contributed by atoms with van der Waals surface area (Å²) < 4.78 is 16.9. The second-order valence-electron chi connectivity index (χ2n) is 8.02. The largest absolute Gasteiger partial charge is 0.493 e. The molecule has 0 radical (unpaired) electrons. The second-order valence-corrected chi connectivity index (χ2v) is 9.53. The van der Waals surface area contributed by atoms with Gasteiger partial charge >= 0.3 is 5.97 Å². The molecule has 1 aliphatic rings. The highest BCUT2D eigenvalue weighted by Crippen LogP contribution is 2.42. The number of nitrogens with one attached hydrogen (secondary N) is 1.